The summed E-state index contributed by atoms with van der Waals surface area (Å²) < 4.78 is 0. The van der Waals surface area contributed by atoms with Crippen LogP contribution >= 0.6 is 11.8 Å². The highest BCUT2D eigenvalue weighted by molar-refractivity contribution is 8.00. The molecule has 2 rings (SSSR count). The van der Waals surface area contributed by atoms with Gasteiger partial charge < -0.3 is 5.32 Å². The van der Waals surface area contributed by atoms with Crippen molar-refractivity contribution in [3.8, 4) is 0 Å². The zero-order valence-electron chi connectivity index (χ0n) is 12.0. The van der Waals surface area contributed by atoms with Gasteiger partial charge in [-0.3, -0.25) is 4.79 Å². The van der Waals surface area contributed by atoms with Crippen LogP contribution in [0.25, 0.3) is 0 Å². The van der Waals surface area contributed by atoms with Crippen molar-refractivity contribution in [2.75, 3.05) is 5.32 Å². The summed E-state index contributed by atoms with van der Waals surface area (Å²) in [6.45, 7) is 5.99. The summed E-state index contributed by atoms with van der Waals surface area (Å²) in [5.74, 6) is 0.0332. The summed E-state index contributed by atoms with van der Waals surface area (Å²) in [5, 5.41) is 2.87. The number of aryl methyl sites for hydroxylation is 2. The van der Waals surface area contributed by atoms with E-state index in [1.165, 1.54) is 5.56 Å². The van der Waals surface area contributed by atoms with Crippen molar-refractivity contribution >= 4 is 23.4 Å². The molecule has 0 bridgehead atoms. The second kappa shape index (κ2) is 6.62. The minimum atomic E-state index is -0.127. The Morgan fingerprint density at radius 2 is 1.80 bits per heavy atom. The van der Waals surface area contributed by atoms with E-state index >= 15 is 0 Å². The number of thioether (sulfide) groups is 1. The monoisotopic (exact) mass is 285 g/mol. The maximum Gasteiger partial charge on any atom is 0.237 e. The molecule has 2 nitrogen and oxygen atoms in total. The lowest BCUT2D eigenvalue weighted by Crippen LogP contribution is -2.22. The molecule has 0 aliphatic heterocycles. The van der Waals surface area contributed by atoms with Crippen molar-refractivity contribution in [1.82, 2.24) is 0 Å². The summed E-state index contributed by atoms with van der Waals surface area (Å²) in [6, 6.07) is 16.0. The lowest BCUT2D eigenvalue weighted by atomic mass is 10.1. The molecule has 104 valence electrons. The Morgan fingerprint density at radius 1 is 1.10 bits per heavy atom. The number of hydrogen-bond donors (Lipinski definition) is 1. The number of amides is 1. The van der Waals surface area contributed by atoms with Gasteiger partial charge in [-0.25, -0.2) is 0 Å². The van der Waals surface area contributed by atoms with Gasteiger partial charge in [-0.15, -0.1) is 11.8 Å². The van der Waals surface area contributed by atoms with Gasteiger partial charge >= 0.3 is 0 Å². The van der Waals surface area contributed by atoms with E-state index in [2.05, 4.69) is 11.4 Å². The fraction of sp³-hybridized carbons (Fsp3) is 0.235. The van der Waals surface area contributed by atoms with E-state index in [0.29, 0.717) is 0 Å². The van der Waals surface area contributed by atoms with Gasteiger partial charge in [0, 0.05) is 10.6 Å². The molecule has 1 N–H and O–H groups in total. The first-order valence-electron chi connectivity index (χ1n) is 6.66. The van der Waals surface area contributed by atoms with E-state index in [1.54, 1.807) is 11.8 Å². The molecule has 2 aromatic rings. The van der Waals surface area contributed by atoms with Crippen LogP contribution in [0.3, 0.4) is 0 Å². The molecule has 0 aromatic heterocycles. The average molecular weight is 285 g/mol. The molecule has 2 aromatic carbocycles. The van der Waals surface area contributed by atoms with Gasteiger partial charge in [-0.1, -0.05) is 35.9 Å². The van der Waals surface area contributed by atoms with E-state index < -0.39 is 0 Å². The largest absolute Gasteiger partial charge is 0.325 e. The Kier molecular flexibility index (Phi) is 4.85. The van der Waals surface area contributed by atoms with Crippen molar-refractivity contribution in [3.63, 3.8) is 0 Å². The highest BCUT2D eigenvalue weighted by atomic mass is 32.2. The summed E-state index contributed by atoms with van der Waals surface area (Å²) in [6.07, 6.45) is 0. The number of carbonyl (C=O) groups excluding carboxylic acids is 1. The molecule has 0 fully saturated rings. The standard InChI is InChI=1S/C17H19NOS/c1-12-9-10-16(13(2)11-12)18-17(19)14(3)20-15-7-5-4-6-8-15/h4-11,14H,1-3H3,(H,18,19). The van der Waals surface area contributed by atoms with Gasteiger partial charge in [0.25, 0.3) is 0 Å². The number of benzene rings is 2. The van der Waals surface area contributed by atoms with E-state index in [1.807, 2.05) is 63.2 Å². The molecule has 1 amide bonds. The van der Waals surface area contributed by atoms with Crippen molar-refractivity contribution < 1.29 is 4.79 Å². The topological polar surface area (TPSA) is 29.1 Å². The Bertz CT molecular complexity index is 595. The highest BCUT2D eigenvalue weighted by Gasteiger charge is 2.15. The molecule has 0 radical (unpaired) electrons. The smallest absolute Gasteiger partial charge is 0.237 e. The molecule has 3 heteroatoms. The molecule has 0 aliphatic carbocycles. The third kappa shape index (κ3) is 3.87. The molecule has 0 saturated carbocycles. The third-order valence-electron chi connectivity index (χ3n) is 3.07. The van der Waals surface area contributed by atoms with E-state index in [9.17, 15) is 4.79 Å². The zero-order valence-corrected chi connectivity index (χ0v) is 12.8. The lowest BCUT2D eigenvalue weighted by molar-refractivity contribution is -0.115. The van der Waals surface area contributed by atoms with Crippen molar-refractivity contribution in [2.24, 2.45) is 0 Å². The molecule has 0 saturated heterocycles. The maximum atomic E-state index is 12.2. The Labute approximate surface area is 124 Å². The molecular formula is C17H19NOS. The van der Waals surface area contributed by atoms with Crippen LogP contribution in [-0.4, -0.2) is 11.2 Å². The Balaban J connectivity index is 2.01. The molecule has 1 unspecified atom stereocenters. The summed E-state index contributed by atoms with van der Waals surface area (Å²) in [4.78, 5) is 13.3. The van der Waals surface area contributed by atoms with Crippen LogP contribution in [0.4, 0.5) is 5.69 Å². The third-order valence-corrected chi connectivity index (χ3v) is 4.18. The number of carbonyl (C=O) groups is 1. The van der Waals surface area contributed by atoms with Crippen LogP contribution in [0.5, 0.6) is 0 Å². The van der Waals surface area contributed by atoms with Gasteiger partial charge in [-0.05, 0) is 44.5 Å². The van der Waals surface area contributed by atoms with E-state index in [4.69, 9.17) is 0 Å². The van der Waals surface area contributed by atoms with E-state index in [-0.39, 0.29) is 11.2 Å². The molecule has 0 heterocycles. The maximum absolute atomic E-state index is 12.2. The average Bonchev–Trinajstić information content (AvgIpc) is 2.43. The van der Waals surface area contributed by atoms with Crippen LogP contribution < -0.4 is 5.32 Å². The van der Waals surface area contributed by atoms with Crippen LogP contribution in [0.15, 0.2) is 53.4 Å². The van der Waals surface area contributed by atoms with Crippen molar-refractivity contribution in [3.05, 3.63) is 59.7 Å². The SMILES string of the molecule is Cc1ccc(NC(=O)C(C)Sc2ccccc2)c(C)c1. The molecular weight excluding hydrogens is 266 g/mol. The number of nitrogens with one attached hydrogen (secondary N) is 1. The first kappa shape index (κ1) is 14.7. The van der Waals surface area contributed by atoms with Crippen molar-refractivity contribution in [2.45, 2.75) is 30.9 Å². The van der Waals surface area contributed by atoms with Crippen molar-refractivity contribution in [1.29, 1.82) is 0 Å². The Morgan fingerprint density at radius 3 is 2.45 bits per heavy atom. The Hall–Kier alpha value is -1.74. The summed E-state index contributed by atoms with van der Waals surface area (Å²) in [7, 11) is 0. The summed E-state index contributed by atoms with van der Waals surface area (Å²) in [5.41, 5.74) is 3.18. The predicted octanol–water partition coefficient (Wildman–Crippen LogP) is 4.42. The van der Waals surface area contributed by atoms with E-state index in [0.717, 1.165) is 16.1 Å². The quantitative estimate of drug-likeness (QED) is 0.842. The molecule has 20 heavy (non-hydrogen) atoms. The van der Waals surface area contributed by atoms with Gasteiger partial charge in [0.1, 0.15) is 0 Å². The first-order chi connectivity index (χ1) is 9.56. The zero-order chi connectivity index (χ0) is 14.5. The van der Waals surface area contributed by atoms with Gasteiger partial charge in [0.05, 0.1) is 5.25 Å². The second-order valence-corrected chi connectivity index (χ2v) is 6.29. The molecule has 0 spiro atoms. The molecule has 1 atom stereocenters. The lowest BCUT2D eigenvalue weighted by Gasteiger charge is -2.14. The minimum absolute atomic E-state index is 0.0332. The second-order valence-electron chi connectivity index (χ2n) is 4.88. The van der Waals surface area contributed by atoms with Gasteiger partial charge in [0.15, 0.2) is 0 Å². The highest BCUT2D eigenvalue weighted by Crippen LogP contribution is 2.24. The predicted molar refractivity (Wildman–Crippen MR) is 86.3 cm³/mol. The summed E-state index contributed by atoms with van der Waals surface area (Å²) >= 11 is 1.57. The van der Waals surface area contributed by atoms with Crippen LogP contribution in [0, 0.1) is 13.8 Å². The fourth-order valence-corrected chi connectivity index (χ4v) is 2.83. The first-order valence-corrected chi connectivity index (χ1v) is 7.54. The number of hydrogen-bond acceptors (Lipinski definition) is 2. The molecule has 0 aliphatic rings. The van der Waals surface area contributed by atoms with Crippen LogP contribution in [0.2, 0.25) is 0 Å². The fourth-order valence-electron chi connectivity index (χ4n) is 1.94. The normalized spacial score (nSPS) is 11.9. The minimum Gasteiger partial charge on any atom is -0.325 e. The number of rotatable bonds is 4. The van der Waals surface area contributed by atoms with Crippen LogP contribution in [0.1, 0.15) is 18.1 Å². The van der Waals surface area contributed by atoms with Gasteiger partial charge in [-0.2, -0.15) is 0 Å². The van der Waals surface area contributed by atoms with Gasteiger partial charge in [0.2, 0.25) is 5.91 Å². The number of anilines is 1. The van der Waals surface area contributed by atoms with Crippen LogP contribution in [-0.2, 0) is 4.79 Å².